The zero-order valence-electron chi connectivity index (χ0n) is 18.5. The number of hydrogen-bond acceptors (Lipinski definition) is 7. The van der Waals surface area contributed by atoms with E-state index in [-0.39, 0.29) is 6.04 Å². The number of esters is 1. The van der Waals surface area contributed by atoms with Gasteiger partial charge in [-0.2, -0.15) is 15.2 Å². The normalized spacial score (nSPS) is 11.8. The van der Waals surface area contributed by atoms with Crippen LogP contribution in [0.5, 0.6) is 5.88 Å². The van der Waals surface area contributed by atoms with Crippen molar-refractivity contribution in [1.29, 1.82) is 0 Å². The number of carbonyl (C=O) groups is 1. The molecule has 3 rings (SSSR count). The highest BCUT2D eigenvalue weighted by molar-refractivity contribution is 5.88. The fraction of sp³-hybridized carbons (Fsp3) is 0.571. The lowest BCUT2D eigenvalue weighted by Crippen LogP contribution is -2.16. The molecular weight excluding hydrogens is 384 g/mol. The average molecular weight is 415 g/mol. The number of nitrogens with zero attached hydrogens (tertiary/aromatic N) is 6. The van der Waals surface area contributed by atoms with Crippen molar-refractivity contribution >= 4 is 17.0 Å². The molecule has 0 amide bonds. The Morgan fingerprint density at radius 1 is 1.07 bits per heavy atom. The van der Waals surface area contributed by atoms with E-state index in [2.05, 4.69) is 47.9 Å². The molecule has 0 bridgehead atoms. The fourth-order valence-corrected chi connectivity index (χ4v) is 3.58. The predicted octanol–water partition coefficient (Wildman–Crippen LogP) is 3.83. The third kappa shape index (κ3) is 4.60. The minimum atomic E-state index is -0.435. The van der Waals surface area contributed by atoms with Crippen molar-refractivity contribution in [2.24, 2.45) is 11.8 Å². The van der Waals surface area contributed by atoms with Crippen LogP contribution in [0.2, 0.25) is 0 Å². The zero-order valence-corrected chi connectivity index (χ0v) is 18.5. The van der Waals surface area contributed by atoms with Gasteiger partial charge in [-0.15, -0.1) is 0 Å². The molecule has 0 saturated heterocycles. The van der Waals surface area contributed by atoms with Crippen LogP contribution in [0.3, 0.4) is 0 Å². The maximum absolute atomic E-state index is 11.9. The summed E-state index contributed by atoms with van der Waals surface area (Å²) in [6, 6.07) is 0.228. The smallest absolute Gasteiger partial charge is 0.341 e. The molecule has 3 aromatic heterocycles. The van der Waals surface area contributed by atoms with Crippen LogP contribution in [-0.4, -0.2) is 49.2 Å². The van der Waals surface area contributed by atoms with Gasteiger partial charge in [-0.25, -0.2) is 14.5 Å². The van der Waals surface area contributed by atoms with Gasteiger partial charge in [0.25, 0.3) is 5.95 Å². The molecule has 9 heteroatoms. The fourth-order valence-electron chi connectivity index (χ4n) is 3.58. The van der Waals surface area contributed by atoms with Crippen molar-refractivity contribution in [3.63, 3.8) is 0 Å². The molecule has 0 radical (unpaired) electrons. The summed E-state index contributed by atoms with van der Waals surface area (Å²) in [5.41, 5.74) is 1.78. The van der Waals surface area contributed by atoms with Crippen molar-refractivity contribution in [2.75, 3.05) is 13.7 Å². The largest absolute Gasteiger partial charge is 0.479 e. The maximum Gasteiger partial charge on any atom is 0.341 e. The second-order valence-electron chi connectivity index (χ2n) is 8.16. The third-order valence-electron chi connectivity index (χ3n) is 4.73. The second kappa shape index (κ2) is 9.23. The molecule has 0 saturated carbocycles. The van der Waals surface area contributed by atoms with E-state index in [1.165, 1.54) is 10.9 Å². The number of carbonyl (C=O) groups excluding carboxylic acids is 1. The number of rotatable bonds is 9. The summed E-state index contributed by atoms with van der Waals surface area (Å²) in [6.45, 7) is 10.9. The molecule has 0 aliphatic rings. The molecule has 0 aromatic carbocycles. The van der Waals surface area contributed by atoms with Crippen LogP contribution in [0.15, 0.2) is 18.6 Å². The number of hydrogen-bond donors (Lipinski definition) is 0. The lowest BCUT2D eigenvalue weighted by molar-refractivity contribution is 0.0526. The second-order valence-corrected chi connectivity index (χ2v) is 8.16. The molecule has 0 spiro atoms. The average Bonchev–Trinajstić information content (AvgIpc) is 3.33. The lowest BCUT2D eigenvalue weighted by atomic mass is 9.95. The maximum atomic E-state index is 11.9. The third-order valence-corrected chi connectivity index (χ3v) is 4.73. The first-order valence-electron chi connectivity index (χ1n) is 10.3. The Morgan fingerprint density at radius 2 is 1.77 bits per heavy atom. The summed E-state index contributed by atoms with van der Waals surface area (Å²) in [5, 5.41) is 8.83. The Bertz CT molecular complexity index is 998. The van der Waals surface area contributed by atoms with E-state index in [1.54, 1.807) is 26.4 Å². The minimum Gasteiger partial charge on any atom is -0.479 e. The van der Waals surface area contributed by atoms with E-state index >= 15 is 0 Å². The molecule has 0 atom stereocenters. The summed E-state index contributed by atoms with van der Waals surface area (Å²) in [4.78, 5) is 21.1. The SMILES string of the molecule is CCOC(=O)c1cnn(-c2nc(OC)c3c(cnn3C(CC(C)C)CC(C)C)n2)c1. The molecule has 0 aliphatic heterocycles. The van der Waals surface area contributed by atoms with E-state index in [1.807, 2.05) is 4.68 Å². The van der Waals surface area contributed by atoms with Gasteiger partial charge in [-0.1, -0.05) is 27.7 Å². The summed E-state index contributed by atoms with van der Waals surface area (Å²) < 4.78 is 14.0. The number of ether oxygens (including phenoxy) is 2. The predicted molar refractivity (Wildman–Crippen MR) is 113 cm³/mol. The highest BCUT2D eigenvalue weighted by Gasteiger charge is 2.23. The Labute approximate surface area is 176 Å². The van der Waals surface area contributed by atoms with Crippen molar-refractivity contribution in [3.05, 3.63) is 24.2 Å². The van der Waals surface area contributed by atoms with Crippen LogP contribution in [-0.2, 0) is 4.74 Å². The first kappa shape index (κ1) is 21.7. The summed E-state index contributed by atoms with van der Waals surface area (Å²) in [6.07, 6.45) is 6.71. The van der Waals surface area contributed by atoms with Gasteiger partial charge < -0.3 is 9.47 Å². The van der Waals surface area contributed by atoms with Gasteiger partial charge in [0.15, 0.2) is 0 Å². The van der Waals surface area contributed by atoms with Crippen LogP contribution >= 0.6 is 0 Å². The van der Waals surface area contributed by atoms with Crippen molar-refractivity contribution in [1.82, 2.24) is 29.5 Å². The first-order valence-corrected chi connectivity index (χ1v) is 10.3. The quantitative estimate of drug-likeness (QED) is 0.491. The van der Waals surface area contributed by atoms with Crippen LogP contribution in [0.1, 0.15) is 63.9 Å². The summed E-state index contributed by atoms with van der Waals surface area (Å²) in [5.74, 6) is 1.36. The summed E-state index contributed by atoms with van der Waals surface area (Å²) >= 11 is 0. The van der Waals surface area contributed by atoms with E-state index in [4.69, 9.17) is 9.47 Å². The van der Waals surface area contributed by atoms with Gasteiger partial charge in [0, 0.05) is 6.20 Å². The van der Waals surface area contributed by atoms with Crippen LogP contribution < -0.4 is 4.74 Å². The highest BCUT2D eigenvalue weighted by atomic mass is 16.5. The number of methoxy groups -OCH3 is 1. The van der Waals surface area contributed by atoms with Crippen LogP contribution in [0.25, 0.3) is 17.0 Å². The zero-order chi connectivity index (χ0) is 21.8. The van der Waals surface area contributed by atoms with E-state index in [0.717, 1.165) is 18.4 Å². The number of aromatic nitrogens is 6. The molecule has 162 valence electrons. The standard InChI is InChI=1S/C21H30N6O3/c1-7-30-20(28)15-10-22-26(12-15)21-24-17-11-23-27(18(17)19(25-21)29-6)16(8-13(2)3)9-14(4)5/h10-14,16H,7-9H2,1-6H3. The van der Waals surface area contributed by atoms with Crippen molar-refractivity contribution < 1.29 is 14.3 Å². The van der Waals surface area contributed by atoms with Crippen molar-refractivity contribution in [3.8, 4) is 11.8 Å². The lowest BCUT2D eigenvalue weighted by Gasteiger charge is -2.22. The van der Waals surface area contributed by atoms with Crippen LogP contribution in [0.4, 0.5) is 0 Å². The Kier molecular flexibility index (Phi) is 6.69. The topological polar surface area (TPSA) is 97.0 Å². The Hall–Kier alpha value is -2.97. The minimum absolute atomic E-state index is 0.228. The molecule has 3 heterocycles. The molecule has 0 unspecified atom stereocenters. The van der Waals surface area contributed by atoms with E-state index in [0.29, 0.717) is 41.4 Å². The van der Waals surface area contributed by atoms with Gasteiger partial charge in [0.1, 0.15) is 11.0 Å². The molecule has 30 heavy (non-hydrogen) atoms. The van der Waals surface area contributed by atoms with Gasteiger partial charge in [-0.3, -0.25) is 4.68 Å². The van der Waals surface area contributed by atoms with Gasteiger partial charge in [0.05, 0.1) is 37.7 Å². The Morgan fingerprint density at radius 3 is 2.37 bits per heavy atom. The number of fused-ring (bicyclic) bond motifs is 1. The molecular formula is C21H30N6O3. The summed E-state index contributed by atoms with van der Waals surface area (Å²) in [7, 11) is 1.58. The molecule has 0 N–H and O–H groups in total. The van der Waals surface area contributed by atoms with E-state index < -0.39 is 5.97 Å². The molecule has 9 nitrogen and oxygen atoms in total. The van der Waals surface area contributed by atoms with Gasteiger partial charge in [0.2, 0.25) is 5.88 Å². The molecule has 0 fully saturated rings. The van der Waals surface area contributed by atoms with Crippen molar-refractivity contribution in [2.45, 2.75) is 53.5 Å². The molecule has 0 aliphatic carbocycles. The van der Waals surface area contributed by atoms with Crippen LogP contribution in [0, 0.1) is 11.8 Å². The monoisotopic (exact) mass is 414 g/mol. The van der Waals surface area contributed by atoms with E-state index in [9.17, 15) is 4.79 Å². The van der Waals surface area contributed by atoms with Gasteiger partial charge >= 0.3 is 5.97 Å². The first-order chi connectivity index (χ1) is 14.3. The highest BCUT2D eigenvalue weighted by Crippen LogP contribution is 2.31. The van der Waals surface area contributed by atoms with Gasteiger partial charge in [-0.05, 0) is 31.6 Å². The Balaban J connectivity index is 2.03. The molecule has 3 aromatic rings.